The number of nitrogens with one attached hydrogen (secondary N) is 1. The highest BCUT2D eigenvalue weighted by Gasteiger charge is 2.50. The molecule has 1 fully saturated rings. The number of carbonyl (C=O) groups is 2. The third kappa shape index (κ3) is 7.24. The number of amides is 1. The molecule has 6 nitrogen and oxygen atoms in total. The number of alkyl carbamates (subject to hydrolysis) is 1. The summed E-state index contributed by atoms with van der Waals surface area (Å²) in [4.78, 5) is 25.5. The Bertz CT molecular complexity index is 914. The summed E-state index contributed by atoms with van der Waals surface area (Å²) in [5.41, 5.74) is 1.44. The van der Waals surface area contributed by atoms with E-state index in [4.69, 9.17) is 14.2 Å². The zero-order chi connectivity index (χ0) is 25.0. The summed E-state index contributed by atoms with van der Waals surface area (Å²) >= 11 is 0. The monoisotopic (exact) mass is 455 g/mol. The molecule has 0 bridgehead atoms. The van der Waals surface area contributed by atoms with Crippen LogP contribution in [0.3, 0.4) is 0 Å². The van der Waals surface area contributed by atoms with Gasteiger partial charge in [-0.3, -0.25) is 4.79 Å². The summed E-state index contributed by atoms with van der Waals surface area (Å²) in [6.45, 7) is 20.2. The minimum absolute atomic E-state index is 0.247. The van der Waals surface area contributed by atoms with Crippen LogP contribution >= 0.6 is 0 Å². The van der Waals surface area contributed by atoms with Gasteiger partial charge in [-0.2, -0.15) is 0 Å². The van der Waals surface area contributed by atoms with Crippen molar-refractivity contribution < 1.29 is 23.8 Å². The van der Waals surface area contributed by atoms with Crippen LogP contribution in [0.15, 0.2) is 55.3 Å². The zero-order valence-electron chi connectivity index (χ0n) is 20.9. The van der Waals surface area contributed by atoms with Crippen LogP contribution in [-0.2, 0) is 25.4 Å². The predicted molar refractivity (Wildman–Crippen MR) is 130 cm³/mol. The maximum absolute atomic E-state index is 12.9. The molecule has 1 aromatic carbocycles. The van der Waals surface area contributed by atoms with E-state index in [1.807, 2.05) is 37.3 Å². The fourth-order valence-electron chi connectivity index (χ4n) is 3.68. The standard InChI is InChI=1S/C27H37NO5/c1-10-11-18(2)21-14-12-20(13-15-21)16-22(28-24(30)33-25(4,5)6)17-27(9)19(3)31-26(7,8)32-23(27)29/h10-15,22H,1,3,16-17H2,2,4-9H3,(H,28,30)/b18-11+/t22-,27?/m1/s1. The number of carbonyl (C=O) groups excluding carboxylic acids is 2. The summed E-state index contributed by atoms with van der Waals surface area (Å²) in [6.07, 6.45) is 3.89. The van der Waals surface area contributed by atoms with Crippen LogP contribution in [0.5, 0.6) is 0 Å². The molecule has 6 heteroatoms. The average Bonchev–Trinajstić information content (AvgIpc) is 2.65. The molecule has 1 unspecified atom stereocenters. The normalized spacial score (nSPS) is 21.5. The number of ether oxygens (including phenoxy) is 3. The Kier molecular flexibility index (Phi) is 7.83. The van der Waals surface area contributed by atoms with Gasteiger partial charge in [0.05, 0.1) is 0 Å². The van der Waals surface area contributed by atoms with Gasteiger partial charge in [0.2, 0.25) is 5.79 Å². The number of esters is 1. The molecule has 2 rings (SSSR count). The first kappa shape index (κ1) is 26.2. The summed E-state index contributed by atoms with van der Waals surface area (Å²) in [5, 5.41) is 2.92. The van der Waals surface area contributed by atoms with Crippen molar-refractivity contribution in [2.45, 2.75) is 78.7 Å². The Morgan fingerprint density at radius 1 is 1.18 bits per heavy atom. The van der Waals surface area contributed by atoms with Crippen molar-refractivity contribution in [2.24, 2.45) is 5.41 Å². The molecule has 33 heavy (non-hydrogen) atoms. The third-order valence-electron chi connectivity index (χ3n) is 5.41. The van der Waals surface area contributed by atoms with Crippen molar-refractivity contribution in [1.82, 2.24) is 5.32 Å². The van der Waals surface area contributed by atoms with E-state index in [0.717, 1.165) is 16.7 Å². The second-order valence-corrected chi connectivity index (χ2v) is 10.2. The molecular weight excluding hydrogens is 418 g/mol. The number of benzene rings is 1. The first-order chi connectivity index (χ1) is 15.1. The molecule has 2 atom stereocenters. The van der Waals surface area contributed by atoms with Crippen LogP contribution in [0.4, 0.5) is 4.79 Å². The van der Waals surface area contributed by atoms with Crippen LogP contribution in [0.1, 0.15) is 66.0 Å². The van der Waals surface area contributed by atoms with Crippen molar-refractivity contribution in [3.8, 4) is 0 Å². The van der Waals surface area contributed by atoms with Gasteiger partial charge in [-0.25, -0.2) is 4.79 Å². The molecule has 1 heterocycles. The molecule has 0 radical (unpaired) electrons. The van der Waals surface area contributed by atoms with E-state index in [1.165, 1.54) is 0 Å². The molecule has 1 aromatic rings. The fourth-order valence-corrected chi connectivity index (χ4v) is 3.68. The topological polar surface area (TPSA) is 73.9 Å². The smallest absolute Gasteiger partial charge is 0.407 e. The predicted octanol–water partition coefficient (Wildman–Crippen LogP) is 5.93. The third-order valence-corrected chi connectivity index (χ3v) is 5.41. The second-order valence-electron chi connectivity index (χ2n) is 10.2. The molecule has 0 aromatic heterocycles. The Morgan fingerprint density at radius 3 is 2.30 bits per heavy atom. The zero-order valence-corrected chi connectivity index (χ0v) is 20.9. The number of allylic oxidation sites excluding steroid dienone is 3. The minimum Gasteiger partial charge on any atom is -0.457 e. The fraction of sp³-hybridized carbons (Fsp3) is 0.481. The summed E-state index contributed by atoms with van der Waals surface area (Å²) in [7, 11) is 0. The number of hydrogen-bond donors (Lipinski definition) is 1. The maximum atomic E-state index is 12.9. The Morgan fingerprint density at radius 2 is 1.79 bits per heavy atom. The second kappa shape index (κ2) is 9.86. The highest BCUT2D eigenvalue weighted by molar-refractivity contribution is 5.81. The van der Waals surface area contributed by atoms with Crippen molar-refractivity contribution in [3.05, 3.63) is 66.5 Å². The summed E-state index contributed by atoms with van der Waals surface area (Å²) in [6, 6.07) is 7.65. The molecule has 1 aliphatic heterocycles. The highest BCUT2D eigenvalue weighted by Crippen LogP contribution is 2.42. The first-order valence-corrected chi connectivity index (χ1v) is 11.2. The molecule has 0 saturated carbocycles. The first-order valence-electron chi connectivity index (χ1n) is 11.2. The van der Waals surface area contributed by atoms with E-state index in [1.54, 1.807) is 47.6 Å². The largest absolute Gasteiger partial charge is 0.457 e. The van der Waals surface area contributed by atoms with Crippen LogP contribution in [0, 0.1) is 5.41 Å². The van der Waals surface area contributed by atoms with Gasteiger partial charge in [-0.15, -0.1) is 0 Å². The van der Waals surface area contributed by atoms with Crippen LogP contribution < -0.4 is 5.32 Å². The summed E-state index contributed by atoms with van der Waals surface area (Å²) < 4.78 is 16.7. The Balaban J connectivity index is 2.27. The lowest BCUT2D eigenvalue weighted by molar-refractivity contribution is -0.239. The van der Waals surface area contributed by atoms with Gasteiger partial charge in [-0.05, 0) is 64.2 Å². The van der Waals surface area contributed by atoms with E-state index in [2.05, 4.69) is 18.5 Å². The maximum Gasteiger partial charge on any atom is 0.407 e. The Hall–Kier alpha value is -3.02. The van der Waals surface area contributed by atoms with E-state index in [-0.39, 0.29) is 6.42 Å². The van der Waals surface area contributed by atoms with Crippen molar-refractivity contribution in [1.29, 1.82) is 0 Å². The van der Waals surface area contributed by atoms with Gasteiger partial charge in [0, 0.05) is 19.9 Å². The highest BCUT2D eigenvalue weighted by atomic mass is 16.7. The van der Waals surface area contributed by atoms with Crippen molar-refractivity contribution in [3.63, 3.8) is 0 Å². The van der Waals surface area contributed by atoms with Gasteiger partial charge in [-0.1, -0.05) is 49.6 Å². The van der Waals surface area contributed by atoms with E-state index >= 15 is 0 Å². The lowest BCUT2D eigenvalue weighted by Gasteiger charge is -2.43. The van der Waals surface area contributed by atoms with Gasteiger partial charge < -0.3 is 19.5 Å². The molecule has 1 amide bonds. The molecule has 0 spiro atoms. The van der Waals surface area contributed by atoms with Crippen molar-refractivity contribution >= 4 is 17.6 Å². The molecule has 1 N–H and O–H groups in total. The van der Waals surface area contributed by atoms with Crippen molar-refractivity contribution in [2.75, 3.05) is 0 Å². The molecular formula is C27H37NO5. The quantitative estimate of drug-likeness (QED) is 0.407. The van der Waals surface area contributed by atoms with E-state index in [9.17, 15) is 9.59 Å². The lowest BCUT2D eigenvalue weighted by Crippen LogP contribution is -2.51. The van der Waals surface area contributed by atoms with Gasteiger partial charge in [0.1, 0.15) is 16.8 Å². The van der Waals surface area contributed by atoms with Gasteiger partial charge >= 0.3 is 12.1 Å². The molecule has 1 saturated heterocycles. The van der Waals surface area contributed by atoms with E-state index < -0.39 is 34.9 Å². The minimum atomic E-state index is -1.11. The molecule has 180 valence electrons. The summed E-state index contributed by atoms with van der Waals surface area (Å²) in [5.74, 6) is -1.19. The molecule has 0 aliphatic carbocycles. The van der Waals surface area contributed by atoms with Gasteiger partial charge in [0.15, 0.2) is 0 Å². The van der Waals surface area contributed by atoms with Gasteiger partial charge in [0.25, 0.3) is 0 Å². The van der Waals surface area contributed by atoms with Crippen LogP contribution in [0.2, 0.25) is 0 Å². The average molecular weight is 456 g/mol. The number of rotatable bonds is 7. The van der Waals surface area contributed by atoms with Crippen LogP contribution in [-0.4, -0.2) is 29.5 Å². The van der Waals surface area contributed by atoms with Crippen LogP contribution in [0.25, 0.3) is 5.57 Å². The number of hydrogen-bond acceptors (Lipinski definition) is 5. The lowest BCUT2D eigenvalue weighted by atomic mass is 9.79. The molecule has 1 aliphatic rings. The number of cyclic esters (lactones) is 1. The SMILES string of the molecule is C=C/C=C(\C)c1ccc(C[C@H](CC2(C)C(=C)OC(C)(C)OC2=O)NC(=O)OC(C)(C)C)cc1. The van der Waals surface area contributed by atoms with E-state index in [0.29, 0.717) is 12.2 Å². The Labute approximate surface area is 197 Å².